The van der Waals surface area contributed by atoms with Crippen molar-refractivity contribution in [1.82, 2.24) is 4.98 Å². The van der Waals surface area contributed by atoms with Crippen LogP contribution in [0.2, 0.25) is 10.0 Å². The van der Waals surface area contributed by atoms with E-state index in [0.717, 1.165) is 5.39 Å². The van der Waals surface area contributed by atoms with E-state index in [-0.39, 0.29) is 12.5 Å². The number of hydrogen-bond acceptors (Lipinski definition) is 5. The second kappa shape index (κ2) is 8.33. The molecule has 8 heteroatoms. The van der Waals surface area contributed by atoms with Crippen molar-refractivity contribution >= 4 is 45.7 Å². The van der Waals surface area contributed by atoms with Crippen molar-refractivity contribution in [2.24, 2.45) is 0 Å². The maximum Gasteiger partial charge on any atom is 0.262 e. The first-order valence-electron chi connectivity index (χ1n) is 7.91. The highest BCUT2D eigenvalue weighted by molar-refractivity contribution is 6.35. The van der Waals surface area contributed by atoms with Crippen molar-refractivity contribution in [2.75, 3.05) is 26.1 Å². The molecule has 1 aromatic heterocycles. The van der Waals surface area contributed by atoms with Crippen LogP contribution in [0.25, 0.3) is 10.9 Å². The molecule has 0 saturated carbocycles. The van der Waals surface area contributed by atoms with Crippen LogP contribution in [0.15, 0.2) is 42.6 Å². The first-order valence-corrected chi connectivity index (χ1v) is 8.66. The number of aromatic nitrogens is 1. The third-order valence-electron chi connectivity index (χ3n) is 3.79. The number of pyridine rings is 1. The van der Waals surface area contributed by atoms with Crippen LogP contribution in [0.4, 0.5) is 5.69 Å². The number of benzene rings is 2. The number of methoxy groups -OCH3 is 2. The Bertz CT molecular complexity index is 995. The highest BCUT2D eigenvalue weighted by atomic mass is 35.5. The van der Waals surface area contributed by atoms with Gasteiger partial charge in [0, 0.05) is 23.7 Å². The molecule has 0 aliphatic rings. The molecule has 27 heavy (non-hydrogen) atoms. The summed E-state index contributed by atoms with van der Waals surface area (Å²) in [5.41, 5.74) is 1.01. The highest BCUT2D eigenvalue weighted by Crippen LogP contribution is 2.36. The number of hydrogen-bond donors (Lipinski definition) is 1. The maximum atomic E-state index is 12.3. The number of nitrogens with one attached hydrogen (secondary N) is 1. The second-order valence-electron chi connectivity index (χ2n) is 5.47. The van der Waals surface area contributed by atoms with Gasteiger partial charge in [-0.1, -0.05) is 23.2 Å². The molecule has 0 fully saturated rings. The highest BCUT2D eigenvalue weighted by Gasteiger charge is 2.14. The van der Waals surface area contributed by atoms with E-state index in [4.69, 9.17) is 37.4 Å². The number of carbonyl (C=O) groups excluding carboxylic acids is 1. The fourth-order valence-corrected chi connectivity index (χ4v) is 2.96. The van der Waals surface area contributed by atoms with Gasteiger partial charge in [-0.15, -0.1) is 0 Å². The van der Waals surface area contributed by atoms with E-state index in [1.165, 1.54) is 14.2 Å². The summed E-state index contributed by atoms with van der Waals surface area (Å²) in [6.07, 6.45) is 1.64. The van der Waals surface area contributed by atoms with Crippen molar-refractivity contribution < 1.29 is 19.0 Å². The summed E-state index contributed by atoms with van der Waals surface area (Å²) in [6.45, 7) is -0.221. The lowest BCUT2D eigenvalue weighted by Gasteiger charge is -2.14. The summed E-state index contributed by atoms with van der Waals surface area (Å²) < 4.78 is 16.0. The van der Waals surface area contributed by atoms with Crippen molar-refractivity contribution in [1.29, 1.82) is 0 Å². The quantitative estimate of drug-likeness (QED) is 0.648. The molecule has 1 heterocycles. The molecule has 0 bridgehead atoms. The fraction of sp³-hybridized carbons (Fsp3) is 0.158. The monoisotopic (exact) mass is 406 g/mol. The van der Waals surface area contributed by atoms with E-state index < -0.39 is 0 Å². The molecule has 0 spiro atoms. The van der Waals surface area contributed by atoms with Crippen LogP contribution in [0.3, 0.4) is 0 Å². The Morgan fingerprint density at radius 1 is 1.04 bits per heavy atom. The summed E-state index contributed by atoms with van der Waals surface area (Å²) in [7, 11) is 2.97. The molecule has 2 aromatic carbocycles. The maximum absolute atomic E-state index is 12.3. The second-order valence-corrected chi connectivity index (χ2v) is 6.28. The van der Waals surface area contributed by atoms with Gasteiger partial charge in [-0.25, -0.2) is 0 Å². The number of anilines is 1. The smallest absolute Gasteiger partial charge is 0.262 e. The summed E-state index contributed by atoms with van der Waals surface area (Å²) in [5.74, 6) is 0.914. The van der Waals surface area contributed by atoms with Crippen molar-refractivity contribution in [3.05, 3.63) is 52.6 Å². The number of nitrogens with zero attached hydrogens (tertiary/aromatic N) is 1. The molecule has 0 aliphatic carbocycles. The largest absolute Gasteiger partial charge is 0.495 e. The minimum atomic E-state index is -0.378. The van der Waals surface area contributed by atoms with Gasteiger partial charge < -0.3 is 19.5 Å². The molecule has 0 aliphatic heterocycles. The minimum absolute atomic E-state index is 0.221. The lowest BCUT2D eigenvalue weighted by molar-refractivity contribution is -0.118. The van der Waals surface area contributed by atoms with Gasteiger partial charge in [-0.2, -0.15) is 0 Å². The lowest BCUT2D eigenvalue weighted by Crippen LogP contribution is -2.20. The number of rotatable bonds is 6. The van der Waals surface area contributed by atoms with E-state index >= 15 is 0 Å². The number of fused-ring (bicyclic) bond motifs is 1. The van der Waals surface area contributed by atoms with Crippen LogP contribution >= 0.6 is 23.2 Å². The molecule has 1 N–H and O–H groups in total. The van der Waals surface area contributed by atoms with Gasteiger partial charge in [-0.05, 0) is 24.3 Å². The molecular weight excluding hydrogens is 391 g/mol. The Labute approximate surface area is 166 Å². The standard InChI is InChI=1S/C19H16Cl2N2O4/c1-25-16-9-14(17(26-2)8-13(16)21)23-18(24)10-27-15-6-5-12(20)11-4-3-7-22-19(11)15/h3-9H,10H2,1-2H3,(H,23,24). The molecule has 0 radical (unpaired) electrons. The van der Waals surface area contributed by atoms with Gasteiger partial charge in [0.15, 0.2) is 6.61 Å². The summed E-state index contributed by atoms with van der Waals surface area (Å²) in [6, 6.07) is 10.1. The summed E-state index contributed by atoms with van der Waals surface area (Å²) in [4.78, 5) is 16.6. The van der Waals surface area contributed by atoms with Gasteiger partial charge in [0.05, 0.1) is 30.0 Å². The van der Waals surface area contributed by atoms with E-state index in [1.54, 1.807) is 36.5 Å². The Kier molecular flexibility index (Phi) is 5.88. The summed E-state index contributed by atoms with van der Waals surface area (Å²) >= 11 is 12.2. The Morgan fingerprint density at radius 2 is 1.81 bits per heavy atom. The zero-order valence-electron chi connectivity index (χ0n) is 14.6. The van der Waals surface area contributed by atoms with Crippen LogP contribution in [0.5, 0.6) is 17.2 Å². The fourth-order valence-electron chi connectivity index (χ4n) is 2.52. The van der Waals surface area contributed by atoms with Crippen LogP contribution in [0.1, 0.15) is 0 Å². The Hall–Kier alpha value is -2.70. The number of ether oxygens (including phenoxy) is 3. The van der Waals surface area contributed by atoms with Crippen LogP contribution < -0.4 is 19.5 Å². The Morgan fingerprint density at radius 3 is 2.56 bits per heavy atom. The molecule has 3 aromatic rings. The molecule has 0 saturated heterocycles. The molecule has 3 rings (SSSR count). The zero-order chi connectivity index (χ0) is 19.4. The topological polar surface area (TPSA) is 69.7 Å². The minimum Gasteiger partial charge on any atom is -0.495 e. The zero-order valence-corrected chi connectivity index (χ0v) is 16.1. The molecular formula is C19H16Cl2N2O4. The van der Waals surface area contributed by atoms with Gasteiger partial charge in [0.2, 0.25) is 0 Å². The van der Waals surface area contributed by atoms with Crippen LogP contribution in [-0.2, 0) is 4.79 Å². The molecule has 6 nitrogen and oxygen atoms in total. The summed E-state index contributed by atoms with van der Waals surface area (Å²) in [5, 5.41) is 4.41. The molecule has 140 valence electrons. The first kappa shape index (κ1) is 19.1. The first-order chi connectivity index (χ1) is 13.0. The third kappa shape index (κ3) is 4.18. The van der Waals surface area contributed by atoms with Crippen molar-refractivity contribution in [2.45, 2.75) is 0 Å². The van der Waals surface area contributed by atoms with Gasteiger partial charge in [-0.3, -0.25) is 9.78 Å². The predicted molar refractivity (Wildman–Crippen MR) is 105 cm³/mol. The number of halogens is 2. The average Bonchev–Trinajstić information content (AvgIpc) is 2.68. The molecule has 0 atom stereocenters. The Balaban J connectivity index is 1.75. The SMILES string of the molecule is COc1cc(NC(=O)COc2ccc(Cl)c3cccnc23)c(OC)cc1Cl. The van der Waals surface area contributed by atoms with Crippen molar-refractivity contribution in [3.63, 3.8) is 0 Å². The average molecular weight is 407 g/mol. The number of carbonyl (C=O) groups is 1. The van der Waals surface area contributed by atoms with E-state index in [2.05, 4.69) is 10.3 Å². The van der Waals surface area contributed by atoms with Crippen LogP contribution in [0, 0.1) is 0 Å². The van der Waals surface area contributed by atoms with Gasteiger partial charge in [0.25, 0.3) is 5.91 Å². The number of amides is 1. The van der Waals surface area contributed by atoms with E-state index in [0.29, 0.717) is 38.5 Å². The third-order valence-corrected chi connectivity index (χ3v) is 4.41. The predicted octanol–water partition coefficient (Wildman–Crippen LogP) is 4.58. The molecule has 1 amide bonds. The van der Waals surface area contributed by atoms with E-state index in [1.807, 2.05) is 6.07 Å². The normalized spacial score (nSPS) is 10.5. The van der Waals surface area contributed by atoms with E-state index in [9.17, 15) is 4.79 Å². The van der Waals surface area contributed by atoms with Gasteiger partial charge >= 0.3 is 0 Å². The van der Waals surface area contributed by atoms with Crippen LogP contribution in [-0.4, -0.2) is 31.7 Å². The van der Waals surface area contributed by atoms with Crippen molar-refractivity contribution in [3.8, 4) is 17.2 Å². The van der Waals surface area contributed by atoms with Gasteiger partial charge in [0.1, 0.15) is 22.8 Å². The lowest BCUT2D eigenvalue weighted by atomic mass is 10.2. The molecule has 0 unspecified atom stereocenters.